The zero-order valence-electron chi connectivity index (χ0n) is 11.4. The highest BCUT2D eigenvalue weighted by atomic mass is 19.3. The van der Waals surface area contributed by atoms with Crippen LogP contribution < -0.4 is 5.32 Å². The molecule has 0 spiro atoms. The van der Waals surface area contributed by atoms with Crippen molar-refractivity contribution in [3.8, 4) is 0 Å². The molecule has 7 heteroatoms. The van der Waals surface area contributed by atoms with Crippen LogP contribution in [-0.4, -0.2) is 35.4 Å². The Hall–Kier alpha value is -1.50. The first kappa shape index (κ1) is 14.9. The monoisotopic (exact) mass is 287 g/mol. The van der Waals surface area contributed by atoms with Crippen LogP contribution in [0.1, 0.15) is 30.7 Å². The molecule has 1 fully saturated rings. The van der Waals surface area contributed by atoms with E-state index in [1.54, 1.807) is 6.92 Å². The van der Waals surface area contributed by atoms with E-state index < -0.39 is 6.43 Å². The Bertz CT molecular complexity index is 456. The molecule has 0 radical (unpaired) electrons. The Labute approximate surface area is 116 Å². The van der Waals surface area contributed by atoms with Gasteiger partial charge < -0.3 is 10.1 Å². The van der Waals surface area contributed by atoms with Crippen LogP contribution >= 0.6 is 0 Å². The quantitative estimate of drug-likeness (QED) is 0.896. The number of amides is 1. The fourth-order valence-corrected chi connectivity index (χ4v) is 2.22. The van der Waals surface area contributed by atoms with E-state index in [0.717, 1.165) is 19.4 Å². The maximum atomic E-state index is 12.5. The van der Waals surface area contributed by atoms with E-state index in [-0.39, 0.29) is 18.1 Å². The van der Waals surface area contributed by atoms with Crippen LogP contribution in [0.2, 0.25) is 0 Å². The fourth-order valence-electron chi connectivity index (χ4n) is 2.22. The summed E-state index contributed by atoms with van der Waals surface area (Å²) in [6.45, 7) is 3.62. The summed E-state index contributed by atoms with van der Waals surface area (Å²) in [7, 11) is 0. The zero-order chi connectivity index (χ0) is 14.5. The maximum Gasteiger partial charge on any atom is 0.282 e. The highest BCUT2D eigenvalue weighted by molar-refractivity contribution is 5.75. The van der Waals surface area contributed by atoms with Gasteiger partial charge >= 0.3 is 0 Å². The lowest BCUT2D eigenvalue weighted by Gasteiger charge is -2.22. The predicted molar refractivity (Wildman–Crippen MR) is 68.5 cm³/mol. The summed E-state index contributed by atoms with van der Waals surface area (Å²) in [5.74, 6) is 0.116. The van der Waals surface area contributed by atoms with Crippen molar-refractivity contribution in [1.82, 2.24) is 15.1 Å². The van der Waals surface area contributed by atoms with E-state index in [0.29, 0.717) is 24.8 Å². The molecule has 112 valence electrons. The molecule has 1 atom stereocenters. The zero-order valence-corrected chi connectivity index (χ0v) is 11.4. The second-order valence-corrected chi connectivity index (χ2v) is 5.06. The van der Waals surface area contributed by atoms with Gasteiger partial charge in [0.2, 0.25) is 5.91 Å². The smallest absolute Gasteiger partial charge is 0.282 e. The topological polar surface area (TPSA) is 56.2 Å². The molecular weight excluding hydrogens is 268 g/mol. The number of hydrogen-bond acceptors (Lipinski definition) is 3. The second-order valence-electron chi connectivity index (χ2n) is 5.06. The number of halogens is 2. The molecule has 1 N–H and O–H groups in total. The van der Waals surface area contributed by atoms with Crippen molar-refractivity contribution < 1.29 is 18.3 Å². The van der Waals surface area contributed by atoms with Gasteiger partial charge in [0.15, 0.2) is 0 Å². The van der Waals surface area contributed by atoms with Gasteiger partial charge in [-0.25, -0.2) is 8.78 Å². The summed E-state index contributed by atoms with van der Waals surface area (Å²) in [6.07, 6.45) is -0.565. The van der Waals surface area contributed by atoms with Crippen molar-refractivity contribution in [1.29, 1.82) is 0 Å². The van der Waals surface area contributed by atoms with Gasteiger partial charge in [0.1, 0.15) is 12.2 Å². The molecule has 1 amide bonds. The van der Waals surface area contributed by atoms with Gasteiger partial charge in [-0.05, 0) is 31.7 Å². The van der Waals surface area contributed by atoms with E-state index in [1.165, 1.54) is 10.7 Å². The van der Waals surface area contributed by atoms with Gasteiger partial charge in [0.25, 0.3) is 6.43 Å². The molecule has 0 unspecified atom stereocenters. The van der Waals surface area contributed by atoms with Crippen LogP contribution in [0.5, 0.6) is 0 Å². The second kappa shape index (κ2) is 6.78. The Kier molecular flexibility index (Phi) is 5.05. The van der Waals surface area contributed by atoms with Crippen molar-refractivity contribution in [2.24, 2.45) is 5.92 Å². The molecule has 1 aromatic heterocycles. The van der Waals surface area contributed by atoms with Crippen LogP contribution in [0.4, 0.5) is 8.78 Å². The van der Waals surface area contributed by atoms with Crippen molar-refractivity contribution in [3.63, 3.8) is 0 Å². The highest BCUT2D eigenvalue weighted by Gasteiger charge is 2.17. The summed E-state index contributed by atoms with van der Waals surface area (Å²) in [5.41, 5.74) is 0.257. The van der Waals surface area contributed by atoms with E-state index >= 15 is 0 Å². The number of rotatable bonds is 5. The molecule has 0 saturated carbocycles. The van der Waals surface area contributed by atoms with Gasteiger partial charge in [-0.1, -0.05) is 0 Å². The Morgan fingerprint density at radius 3 is 3.05 bits per heavy atom. The molecule has 1 aliphatic heterocycles. The lowest BCUT2D eigenvalue weighted by Crippen LogP contribution is -2.35. The number of ether oxygens (including phenoxy) is 1. The highest BCUT2D eigenvalue weighted by Crippen LogP contribution is 2.17. The van der Waals surface area contributed by atoms with Crippen molar-refractivity contribution in [2.45, 2.75) is 32.7 Å². The molecule has 0 bridgehead atoms. The van der Waals surface area contributed by atoms with Gasteiger partial charge in [-0.15, -0.1) is 0 Å². The number of hydrogen-bond donors (Lipinski definition) is 1. The van der Waals surface area contributed by atoms with E-state index in [1.807, 2.05) is 0 Å². The number of aromatic nitrogens is 2. The van der Waals surface area contributed by atoms with Gasteiger partial charge in [0.05, 0.1) is 6.61 Å². The molecule has 20 heavy (non-hydrogen) atoms. The third-order valence-electron chi connectivity index (χ3n) is 3.36. The van der Waals surface area contributed by atoms with E-state index in [9.17, 15) is 13.6 Å². The molecule has 2 rings (SSSR count). The van der Waals surface area contributed by atoms with Crippen molar-refractivity contribution in [3.05, 3.63) is 17.5 Å². The fraction of sp³-hybridized carbons (Fsp3) is 0.692. The summed E-state index contributed by atoms with van der Waals surface area (Å²) in [5, 5.41) is 6.52. The van der Waals surface area contributed by atoms with E-state index in [4.69, 9.17) is 4.74 Å². The molecule has 5 nitrogen and oxygen atoms in total. The maximum absolute atomic E-state index is 12.5. The Balaban J connectivity index is 1.81. The lowest BCUT2D eigenvalue weighted by molar-refractivity contribution is -0.122. The van der Waals surface area contributed by atoms with Crippen LogP contribution in [0.15, 0.2) is 6.07 Å². The first-order chi connectivity index (χ1) is 9.56. The number of carbonyl (C=O) groups is 1. The number of alkyl halides is 2. The standard InChI is InChI=1S/C13H19F2N3O2/c1-9-5-11(13(14)15)17-18(9)7-12(19)16-6-10-3-2-4-20-8-10/h5,10,13H,2-4,6-8H2,1H3,(H,16,19)/t10-/m1/s1. The van der Waals surface area contributed by atoms with Crippen LogP contribution in [0, 0.1) is 12.8 Å². The minimum Gasteiger partial charge on any atom is -0.381 e. The lowest BCUT2D eigenvalue weighted by atomic mass is 10.0. The molecular formula is C13H19F2N3O2. The van der Waals surface area contributed by atoms with Gasteiger partial charge in [-0.3, -0.25) is 9.48 Å². The average molecular weight is 287 g/mol. The summed E-state index contributed by atoms with van der Waals surface area (Å²) < 4.78 is 31.6. The van der Waals surface area contributed by atoms with Gasteiger partial charge in [0, 0.05) is 18.8 Å². The normalized spacial score (nSPS) is 19.3. The van der Waals surface area contributed by atoms with Crippen molar-refractivity contribution >= 4 is 5.91 Å². The number of carbonyl (C=O) groups excluding carboxylic acids is 1. The largest absolute Gasteiger partial charge is 0.381 e. The first-order valence-electron chi connectivity index (χ1n) is 6.73. The van der Waals surface area contributed by atoms with E-state index in [2.05, 4.69) is 10.4 Å². The SMILES string of the molecule is Cc1cc(C(F)F)nn1CC(=O)NC[C@H]1CCCOC1. The minimum absolute atomic E-state index is 0.0356. The first-order valence-corrected chi connectivity index (χ1v) is 6.73. The molecule has 1 saturated heterocycles. The number of aryl methyl sites for hydroxylation is 1. The molecule has 1 aromatic rings. The number of nitrogens with zero attached hydrogens (tertiary/aromatic N) is 2. The number of nitrogens with one attached hydrogen (secondary N) is 1. The molecule has 2 heterocycles. The summed E-state index contributed by atoms with van der Waals surface area (Å²) in [4.78, 5) is 11.8. The molecule has 0 aromatic carbocycles. The van der Waals surface area contributed by atoms with Crippen LogP contribution in [0.3, 0.4) is 0 Å². The van der Waals surface area contributed by atoms with Crippen LogP contribution in [0.25, 0.3) is 0 Å². The van der Waals surface area contributed by atoms with Crippen LogP contribution in [-0.2, 0) is 16.1 Å². The van der Waals surface area contributed by atoms with Crippen molar-refractivity contribution in [2.75, 3.05) is 19.8 Å². The minimum atomic E-state index is -2.61. The van der Waals surface area contributed by atoms with Gasteiger partial charge in [-0.2, -0.15) is 5.10 Å². The summed E-state index contributed by atoms with van der Waals surface area (Å²) >= 11 is 0. The molecule has 0 aliphatic carbocycles. The third-order valence-corrected chi connectivity index (χ3v) is 3.36. The Morgan fingerprint density at radius 2 is 2.45 bits per heavy atom. The Morgan fingerprint density at radius 1 is 1.65 bits per heavy atom. The molecule has 1 aliphatic rings. The summed E-state index contributed by atoms with van der Waals surface area (Å²) in [6, 6.07) is 1.30. The average Bonchev–Trinajstić information content (AvgIpc) is 2.79. The third kappa shape index (κ3) is 4.00. The predicted octanol–water partition coefficient (Wildman–Crippen LogP) is 1.67.